The normalized spacial score (nSPS) is 11.2. The lowest BCUT2D eigenvalue weighted by atomic mass is 10.1. The molecule has 0 fully saturated rings. The second-order valence-electron chi connectivity index (χ2n) is 7.24. The highest BCUT2D eigenvalue weighted by atomic mass is 32.2. The van der Waals surface area contributed by atoms with Gasteiger partial charge in [-0.25, -0.2) is 8.42 Å². The third kappa shape index (κ3) is 7.42. The van der Waals surface area contributed by atoms with Crippen molar-refractivity contribution in [2.75, 3.05) is 30.3 Å². The zero-order chi connectivity index (χ0) is 21.4. The van der Waals surface area contributed by atoms with Crippen LogP contribution in [0, 0.1) is 20.8 Å². The molecular weight excluding hydrogens is 388 g/mol. The van der Waals surface area contributed by atoms with Crippen molar-refractivity contribution >= 4 is 21.6 Å². The molecular formula is C22H30N2O4S. The summed E-state index contributed by atoms with van der Waals surface area (Å²) >= 11 is 0. The van der Waals surface area contributed by atoms with Gasteiger partial charge in [-0.2, -0.15) is 0 Å². The van der Waals surface area contributed by atoms with Crippen LogP contribution < -0.4 is 14.4 Å². The van der Waals surface area contributed by atoms with Gasteiger partial charge in [-0.1, -0.05) is 29.8 Å². The summed E-state index contributed by atoms with van der Waals surface area (Å²) in [5.41, 5.74) is 3.85. The number of ether oxygens (including phenoxy) is 1. The Balaban J connectivity index is 1.76. The highest BCUT2D eigenvalue weighted by Crippen LogP contribution is 2.19. The lowest BCUT2D eigenvalue weighted by molar-refractivity contribution is -0.121. The van der Waals surface area contributed by atoms with Gasteiger partial charge in [-0.05, 0) is 56.5 Å². The highest BCUT2D eigenvalue weighted by molar-refractivity contribution is 7.92. The van der Waals surface area contributed by atoms with E-state index in [1.807, 2.05) is 51.1 Å². The largest absolute Gasteiger partial charge is 0.491 e. The second kappa shape index (κ2) is 10.3. The molecule has 0 radical (unpaired) electrons. The summed E-state index contributed by atoms with van der Waals surface area (Å²) in [5, 5.41) is 2.81. The van der Waals surface area contributed by atoms with E-state index in [2.05, 4.69) is 5.32 Å². The number of carbonyl (C=O) groups excluding carboxylic acids is 1. The van der Waals surface area contributed by atoms with Gasteiger partial charge in [0.15, 0.2) is 0 Å². The van der Waals surface area contributed by atoms with E-state index in [4.69, 9.17) is 4.74 Å². The molecule has 0 atom stereocenters. The van der Waals surface area contributed by atoms with Crippen LogP contribution in [0.5, 0.6) is 5.75 Å². The molecule has 2 aromatic rings. The van der Waals surface area contributed by atoms with E-state index in [0.717, 1.165) is 22.4 Å². The number of benzene rings is 2. The van der Waals surface area contributed by atoms with Crippen molar-refractivity contribution < 1.29 is 17.9 Å². The average Bonchev–Trinajstić information content (AvgIpc) is 2.65. The Labute approximate surface area is 173 Å². The number of hydrogen-bond donors (Lipinski definition) is 1. The summed E-state index contributed by atoms with van der Waals surface area (Å²) < 4.78 is 31.3. The fraction of sp³-hybridized carbons (Fsp3) is 0.409. The van der Waals surface area contributed by atoms with Gasteiger partial charge < -0.3 is 10.1 Å². The van der Waals surface area contributed by atoms with Gasteiger partial charge in [0.05, 0.1) is 18.5 Å². The lowest BCUT2D eigenvalue weighted by Crippen LogP contribution is -2.32. The summed E-state index contributed by atoms with van der Waals surface area (Å²) in [6.07, 6.45) is 1.86. The molecule has 0 aliphatic rings. The lowest BCUT2D eigenvalue weighted by Gasteiger charge is -2.22. The fourth-order valence-electron chi connectivity index (χ4n) is 2.88. The standard InChI is InChI=1S/C22H30N2O4S/c1-17-8-11-20(12-9-17)24(29(4,26)27)14-5-6-22(25)23-13-15-28-21-16-18(2)7-10-19(21)3/h7-12,16H,5-6,13-15H2,1-4H3,(H,23,25). The van der Waals surface area contributed by atoms with Crippen molar-refractivity contribution in [3.05, 3.63) is 59.2 Å². The van der Waals surface area contributed by atoms with Crippen molar-refractivity contribution in [2.45, 2.75) is 33.6 Å². The molecule has 2 aromatic carbocycles. The molecule has 0 aromatic heterocycles. The molecule has 7 heteroatoms. The Morgan fingerprint density at radius 2 is 1.69 bits per heavy atom. The van der Waals surface area contributed by atoms with Crippen LogP contribution in [0.25, 0.3) is 0 Å². The predicted molar refractivity (Wildman–Crippen MR) is 117 cm³/mol. The molecule has 2 rings (SSSR count). The SMILES string of the molecule is Cc1ccc(N(CCCC(=O)NCCOc2cc(C)ccc2C)S(C)(=O)=O)cc1. The molecule has 0 aliphatic carbocycles. The van der Waals surface area contributed by atoms with Crippen molar-refractivity contribution in [3.8, 4) is 5.75 Å². The number of sulfonamides is 1. The van der Waals surface area contributed by atoms with Crippen LogP contribution in [0.1, 0.15) is 29.5 Å². The van der Waals surface area contributed by atoms with Crippen LogP contribution in [-0.4, -0.2) is 40.3 Å². The second-order valence-corrected chi connectivity index (χ2v) is 9.15. The third-order valence-electron chi connectivity index (χ3n) is 4.51. The molecule has 0 saturated carbocycles. The van der Waals surface area contributed by atoms with Crippen molar-refractivity contribution in [2.24, 2.45) is 0 Å². The number of amides is 1. The first kappa shape index (κ1) is 22.7. The Morgan fingerprint density at radius 3 is 2.34 bits per heavy atom. The van der Waals surface area contributed by atoms with Crippen molar-refractivity contribution in [1.29, 1.82) is 0 Å². The first-order valence-electron chi connectivity index (χ1n) is 9.68. The monoisotopic (exact) mass is 418 g/mol. The van der Waals surface area contributed by atoms with Crippen LogP contribution in [0.15, 0.2) is 42.5 Å². The minimum absolute atomic E-state index is 0.119. The summed E-state index contributed by atoms with van der Waals surface area (Å²) in [7, 11) is -3.41. The maximum Gasteiger partial charge on any atom is 0.232 e. The third-order valence-corrected chi connectivity index (χ3v) is 5.71. The van der Waals surface area contributed by atoms with Gasteiger partial charge in [-0.15, -0.1) is 0 Å². The molecule has 0 unspecified atom stereocenters. The Hall–Kier alpha value is -2.54. The maximum atomic E-state index is 12.1. The number of rotatable bonds is 10. The number of aryl methyl sites for hydroxylation is 3. The molecule has 158 valence electrons. The van der Waals surface area contributed by atoms with Gasteiger partial charge in [0.25, 0.3) is 0 Å². The molecule has 0 bridgehead atoms. The molecule has 0 spiro atoms. The fourth-order valence-corrected chi connectivity index (χ4v) is 3.85. The first-order chi connectivity index (χ1) is 13.7. The van der Waals surface area contributed by atoms with E-state index in [-0.39, 0.29) is 18.9 Å². The summed E-state index contributed by atoms with van der Waals surface area (Å²) in [4.78, 5) is 12.1. The summed E-state index contributed by atoms with van der Waals surface area (Å²) in [5.74, 6) is 0.702. The highest BCUT2D eigenvalue weighted by Gasteiger charge is 2.17. The van der Waals surface area contributed by atoms with E-state index in [9.17, 15) is 13.2 Å². The van der Waals surface area contributed by atoms with Crippen LogP contribution in [-0.2, 0) is 14.8 Å². The Morgan fingerprint density at radius 1 is 1.03 bits per heavy atom. The first-order valence-corrected chi connectivity index (χ1v) is 11.5. The number of nitrogens with zero attached hydrogens (tertiary/aromatic N) is 1. The van der Waals surface area contributed by atoms with Gasteiger partial charge >= 0.3 is 0 Å². The van der Waals surface area contributed by atoms with Crippen LogP contribution in [0.3, 0.4) is 0 Å². The van der Waals surface area contributed by atoms with E-state index < -0.39 is 10.0 Å². The average molecular weight is 419 g/mol. The Kier molecular flexibility index (Phi) is 8.08. The molecule has 6 nitrogen and oxygen atoms in total. The molecule has 0 heterocycles. The molecule has 0 aliphatic heterocycles. The van der Waals surface area contributed by atoms with E-state index in [0.29, 0.717) is 25.3 Å². The van der Waals surface area contributed by atoms with Crippen LogP contribution in [0.2, 0.25) is 0 Å². The molecule has 1 amide bonds. The summed E-state index contributed by atoms with van der Waals surface area (Å²) in [6, 6.07) is 13.3. The topological polar surface area (TPSA) is 75.7 Å². The summed E-state index contributed by atoms with van der Waals surface area (Å²) in [6.45, 7) is 6.98. The van der Waals surface area contributed by atoms with Crippen LogP contribution >= 0.6 is 0 Å². The number of carbonyl (C=O) groups is 1. The molecule has 0 saturated heterocycles. The minimum Gasteiger partial charge on any atom is -0.491 e. The van der Waals surface area contributed by atoms with E-state index in [1.54, 1.807) is 12.1 Å². The number of anilines is 1. The quantitative estimate of drug-likeness (QED) is 0.601. The van der Waals surface area contributed by atoms with Gasteiger partial charge in [0.1, 0.15) is 12.4 Å². The van der Waals surface area contributed by atoms with Gasteiger partial charge in [0, 0.05) is 13.0 Å². The van der Waals surface area contributed by atoms with Gasteiger partial charge in [0.2, 0.25) is 15.9 Å². The number of hydrogen-bond acceptors (Lipinski definition) is 4. The smallest absolute Gasteiger partial charge is 0.232 e. The van der Waals surface area contributed by atoms with Crippen molar-refractivity contribution in [3.63, 3.8) is 0 Å². The minimum atomic E-state index is -3.41. The van der Waals surface area contributed by atoms with Crippen molar-refractivity contribution in [1.82, 2.24) is 5.32 Å². The molecule has 1 N–H and O–H groups in total. The zero-order valence-electron chi connectivity index (χ0n) is 17.6. The predicted octanol–water partition coefficient (Wildman–Crippen LogP) is 3.35. The van der Waals surface area contributed by atoms with E-state index >= 15 is 0 Å². The zero-order valence-corrected chi connectivity index (χ0v) is 18.4. The maximum absolute atomic E-state index is 12.1. The Bertz CT molecular complexity index is 924. The van der Waals surface area contributed by atoms with Crippen LogP contribution in [0.4, 0.5) is 5.69 Å². The molecule has 29 heavy (non-hydrogen) atoms. The number of nitrogens with one attached hydrogen (secondary N) is 1. The van der Waals surface area contributed by atoms with E-state index in [1.165, 1.54) is 10.6 Å². The van der Waals surface area contributed by atoms with Gasteiger partial charge in [-0.3, -0.25) is 9.10 Å².